The summed E-state index contributed by atoms with van der Waals surface area (Å²) in [6, 6.07) is -3.04. The number of carbonyl (C=O) groups excluding carboxylic acids is 3. The number of nitrogens with zero attached hydrogens (tertiary/aromatic N) is 1. The Kier molecular flexibility index (Phi) is 3.29. The summed E-state index contributed by atoms with van der Waals surface area (Å²) >= 11 is 0. The van der Waals surface area contributed by atoms with Gasteiger partial charge in [-0.2, -0.15) is 0 Å². The van der Waals surface area contributed by atoms with Crippen LogP contribution in [0.15, 0.2) is 4.99 Å². The molecule has 0 radical (unpaired) electrons. The van der Waals surface area contributed by atoms with Crippen LogP contribution in [0.25, 0.3) is 0 Å². The maximum Gasteiger partial charge on any atom is 0.348 e. The third-order valence-electron chi connectivity index (χ3n) is 0.601. The normalized spacial score (nSPS) is 8.00. The van der Waals surface area contributed by atoms with Crippen molar-refractivity contribution in [1.82, 2.24) is 10.6 Å². The predicted molar refractivity (Wildman–Crippen MR) is 36.2 cm³/mol. The van der Waals surface area contributed by atoms with Gasteiger partial charge in [-0.05, 0) is 6.72 Å². The average molecular weight is 158 g/mol. The molecule has 11 heavy (non-hydrogen) atoms. The van der Waals surface area contributed by atoms with E-state index < -0.39 is 18.1 Å². The molecule has 0 saturated heterocycles. The van der Waals surface area contributed by atoms with Gasteiger partial charge in [0, 0.05) is 0 Å². The molecule has 7 heteroatoms. The van der Waals surface area contributed by atoms with Crippen LogP contribution in [0.1, 0.15) is 0 Å². The van der Waals surface area contributed by atoms with Crippen LogP contribution in [-0.2, 0) is 0 Å². The molecular formula is C4H6N4O3. The summed E-state index contributed by atoms with van der Waals surface area (Å²) in [5.74, 6) is 0. The molecule has 0 heterocycles. The van der Waals surface area contributed by atoms with E-state index in [4.69, 9.17) is 0 Å². The van der Waals surface area contributed by atoms with E-state index in [2.05, 4.69) is 17.4 Å². The van der Waals surface area contributed by atoms with Crippen LogP contribution in [0.3, 0.4) is 0 Å². The first-order chi connectivity index (χ1) is 5.06. The number of nitrogens with one attached hydrogen (secondary N) is 2. The topological polar surface area (TPSA) is 114 Å². The third-order valence-corrected chi connectivity index (χ3v) is 0.601. The molecule has 0 aromatic rings. The number of urea groups is 3. The molecule has 4 N–H and O–H groups in total. The minimum atomic E-state index is -1.06. The number of hydrogen-bond donors (Lipinski definition) is 3. The largest absolute Gasteiger partial charge is 0.351 e. The van der Waals surface area contributed by atoms with E-state index in [0.717, 1.165) is 0 Å². The van der Waals surface area contributed by atoms with Gasteiger partial charge in [0.15, 0.2) is 0 Å². The van der Waals surface area contributed by atoms with Gasteiger partial charge >= 0.3 is 18.1 Å². The summed E-state index contributed by atoms with van der Waals surface area (Å²) in [6.45, 7) is 2.83. The van der Waals surface area contributed by atoms with Crippen LogP contribution in [-0.4, -0.2) is 24.8 Å². The van der Waals surface area contributed by atoms with E-state index in [0.29, 0.717) is 0 Å². The standard InChI is InChI=1S/C4H6N4O3/c1-6-3(10)8-4(11)7-2(5)9/h1H2,(H4,5,7,8,9,10,11). The number of aliphatic imine (C=N–C) groups is 1. The lowest BCUT2D eigenvalue weighted by Gasteiger charge is -1.97. The zero-order valence-corrected chi connectivity index (χ0v) is 5.46. The van der Waals surface area contributed by atoms with Crippen LogP contribution >= 0.6 is 0 Å². The number of rotatable bonds is 0. The fourth-order valence-corrected chi connectivity index (χ4v) is 0.280. The van der Waals surface area contributed by atoms with E-state index in [-0.39, 0.29) is 0 Å². The van der Waals surface area contributed by atoms with Gasteiger partial charge in [-0.25, -0.2) is 19.4 Å². The Bertz CT molecular complexity index is 211. The lowest BCUT2D eigenvalue weighted by molar-refractivity contribution is 0.227. The Labute approximate surface area is 61.7 Å². The number of nitrogens with two attached hydrogens (primary N) is 1. The molecule has 0 aromatic heterocycles. The highest BCUT2D eigenvalue weighted by Crippen LogP contribution is 1.70. The van der Waals surface area contributed by atoms with Crippen molar-refractivity contribution in [2.24, 2.45) is 10.7 Å². The molecule has 0 aliphatic carbocycles. The highest BCUT2D eigenvalue weighted by atomic mass is 16.2. The maximum atomic E-state index is 10.4. The van der Waals surface area contributed by atoms with Crippen molar-refractivity contribution in [2.75, 3.05) is 0 Å². The Morgan fingerprint density at radius 2 is 1.82 bits per heavy atom. The van der Waals surface area contributed by atoms with Crippen LogP contribution in [0, 0.1) is 0 Å². The van der Waals surface area contributed by atoms with E-state index in [1.165, 1.54) is 0 Å². The van der Waals surface area contributed by atoms with Crippen LogP contribution in [0.5, 0.6) is 0 Å². The Morgan fingerprint density at radius 1 is 1.27 bits per heavy atom. The number of hydrogen-bond acceptors (Lipinski definition) is 3. The SMILES string of the molecule is C=NC(=O)NC(=O)NC(N)=O. The lowest BCUT2D eigenvalue weighted by atomic mass is 10.8. The molecular weight excluding hydrogens is 152 g/mol. The highest BCUT2D eigenvalue weighted by Gasteiger charge is 2.05. The summed E-state index contributed by atoms with van der Waals surface area (Å²) in [7, 11) is 0. The summed E-state index contributed by atoms with van der Waals surface area (Å²) in [4.78, 5) is 33.4. The van der Waals surface area contributed by atoms with E-state index in [1.807, 2.05) is 0 Å². The molecule has 0 fully saturated rings. The summed E-state index contributed by atoms with van der Waals surface area (Å²) in [5.41, 5.74) is 4.54. The van der Waals surface area contributed by atoms with E-state index >= 15 is 0 Å². The minimum absolute atomic E-state index is 0.955. The number of amides is 6. The molecule has 7 nitrogen and oxygen atoms in total. The van der Waals surface area contributed by atoms with Gasteiger partial charge in [-0.3, -0.25) is 10.6 Å². The highest BCUT2D eigenvalue weighted by molar-refractivity contribution is 6.01. The molecule has 0 aromatic carbocycles. The van der Waals surface area contributed by atoms with Crippen molar-refractivity contribution >= 4 is 24.8 Å². The molecule has 6 amide bonds. The van der Waals surface area contributed by atoms with E-state index in [1.54, 1.807) is 10.6 Å². The van der Waals surface area contributed by atoms with Crippen LogP contribution in [0.4, 0.5) is 14.4 Å². The van der Waals surface area contributed by atoms with Crippen molar-refractivity contribution in [3.63, 3.8) is 0 Å². The second kappa shape index (κ2) is 3.99. The van der Waals surface area contributed by atoms with Gasteiger partial charge in [-0.1, -0.05) is 0 Å². The molecule has 0 rings (SSSR count). The molecule has 0 saturated carbocycles. The number of carbonyl (C=O) groups is 3. The minimum Gasteiger partial charge on any atom is -0.351 e. The predicted octanol–water partition coefficient (Wildman–Crippen LogP) is -0.815. The summed E-state index contributed by atoms with van der Waals surface area (Å²) in [6.07, 6.45) is 0. The van der Waals surface area contributed by atoms with Crippen molar-refractivity contribution in [3.05, 3.63) is 0 Å². The Hall–Kier alpha value is -1.92. The smallest absolute Gasteiger partial charge is 0.348 e. The van der Waals surface area contributed by atoms with Gasteiger partial charge < -0.3 is 5.73 Å². The zero-order chi connectivity index (χ0) is 8.85. The first kappa shape index (κ1) is 9.08. The molecule has 0 bridgehead atoms. The van der Waals surface area contributed by atoms with Gasteiger partial charge in [0.25, 0.3) is 0 Å². The second-order valence-electron chi connectivity index (χ2n) is 1.41. The van der Waals surface area contributed by atoms with Gasteiger partial charge in [0.05, 0.1) is 0 Å². The molecule has 0 spiro atoms. The van der Waals surface area contributed by atoms with Crippen molar-refractivity contribution in [1.29, 1.82) is 0 Å². The average Bonchev–Trinajstić information content (AvgIpc) is 1.85. The first-order valence-corrected chi connectivity index (χ1v) is 2.44. The van der Waals surface area contributed by atoms with Gasteiger partial charge in [0.1, 0.15) is 0 Å². The lowest BCUT2D eigenvalue weighted by Crippen LogP contribution is -2.43. The quantitative estimate of drug-likeness (QED) is 0.400. The van der Waals surface area contributed by atoms with Gasteiger partial charge in [-0.15, -0.1) is 0 Å². The molecule has 0 unspecified atom stereocenters. The van der Waals surface area contributed by atoms with Crippen LogP contribution in [0.2, 0.25) is 0 Å². The van der Waals surface area contributed by atoms with E-state index in [9.17, 15) is 14.4 Å². The second-order valence-corrected chi connectivity index (χ2v) is 1.41. The molecule has 0 aliphatic heterocycles. The fraction of sp³-hybridized carbons (Fsp3) is 0. The fourth-order valence-electron chi connectivity index (χ4n) is 0.280. The first-order valence-electron chi connectivity index (χ1n) is 2.44. The molecule has 60 valence electrons. The van der Waals surface area contributed by atoms with Crippen molar-refractivity contribution in [2.45, 2.75) is 0 Å². The Balaban J connectivity index is 3.78. The maximum absolute atomic E-state index is 10.4. The van der Waals surface area contributed by atoms with Crippen LogP contribution < -0.4 is 16.4 Å². The number of imide groups is 2. The summed E-state index contributed by atoms with van der Waals surface area (Å²) in [5, 5.41) is 3.23. The monoisotopic (exact) mass is 158 g/mol. The third kappa shape index (κ3) is 4.58. The molecule has 0 atom stereocenters. The molecule has 0 aliphatic rings. The van der Waals surface area contributed by atoms with Crippen molar-refractivity contribution in [3.8, 4) is 0 Å². The van der Waals surface area contributed by atoms with Crippen molar-refractivity contribution < 1.29 is 14.4 Å². The number of primary amides is 1. The summed E-state index contributed by atoms with van der Waals surface area (Å²) < 4.78 is 0. The Morgan fingerprint density at radius 3 is 2.18 bits per heavy atom. The zero-order valence-electron chi connectivity index (χ0n) is 5.46. The van der Waals surface area contributed by atoms with Gasteiger partial charge in [0.2, 0.25) is 0 Å².